The maximum atomic E-state index is 5.86. The minimum Gasteiger partial charge on any atom is -0.491 e. The van der Waals surface area contributed by atoms with Gasteiger partial charge in [-0.05, 0) is 39.4 Å². The van der Waals surface area contributed by atoms with Crippen LogP contribution in [0.1, 0.15) is 20.3 Å². The fourth-order valence-corrected chi connectivity index (χ4v) is 2.78. The van der Waals surface area contributed by atoms with E-state index in [0.717, 1.165) is 38.4 Å². The van der Waals surface area contributed by atoms with Crippen molar-refractivity contribution >= 4 is 5.69 Å². The second-order valence-corrected chi connectivity index (χ2v) is 5.86. The predicted octanol–water partition coefficient (Wildman–Crippen LogP) is 2.06. The third kappa shape index (κ3) is 3.87. The SMILES string of the molecule is CC1CN(CCCOc2ccccc2N)CC(C)N1C. The summed E-state index contributed by atoms with van der Waals surface area (Å²) in [4.78, 5) is 4.99. The van der Waals surface area contributed by atoms with Crippen LogP contribution in [0.5, 0.6) is 5.75 Å². The molecule has 2 atom stereocenters. The molecule has 0 saturated carbocycles. The first-order valence-electron chi connectivity index (χ1n) is 7.49. The van der Waals surface area contributed by atoms with Crippen molar-refractivity contribution in [2.24, 2.45) is 0 Å². The Kier molecular flexibility index (Phi) is 5.26. The lowest BCUT2D eigenvalue weighted by atomic mass is 10.1. The smallest absolute Gasteiger partial charge is 0.142 e. The number of nitrogens with zero attached hydrogens (tertiary/aromatic N) is 2. The van der Waals surface area contributed by atoms with Crippen LogP contribution in [0, 0.1) is 0 Å². The maximum absolute atomic E-state index is 5.86. The standard InChI is InChI=1S/C16H27N3O/c1-13-11-19(12-14(2)18(13)3)9-6-10-20-16-8-5-4-7-15(16)17/h4-5,7-8,13-14H,6,9-12,17H2,1-3H3. The normalized spacial score (nSPS) is 24.8. The molecule has 112 valence electrons. The monoisotopic (exact) mass is 277 g/mol. The van der Waals surface area contributed by atoms with E-state index in [2.05, 4.69) is 30.7 Å². The number of benzene rings is 1. The molecule has 1 heterocycles. The van der Waals surface area contributed by atoms with Gasteiger partial charge < -0.3 is 15.4 Å². The third-order valence-corrected chi connectivity index (χ3v) is 4.23. The van der Waals surface area contributed by atoms with E-state index in [1.807, 2.05) is 24.3 Å². The number of piperazine rings is 1. The Hall–Kier alpha value is -1.26. The molecule has 1 saturated heterocycles. The van der Waals surface area contributed by atoms with Gasteiger partial charge in [-0.1, -0.05) is 12.1 Å². The van der Waals surface area contributed by atoms with Crippen molar-refractivity contribution in [3.8, 4) is 5.75 Å². The number of hydrogen-bond donors (Lipinski definition) is 1. The molecule has 0 radical (unpaired) electrons. The first-order chi connectivity index (χ1) is 9.58. The van der Waals surface area contributed by atoms with E-state index in [4.69, 9.17) is 10.5 Å². The summed E-state index contributed by atoms with van der Waals surface area (Å²) < 4.78 is 5.74. The van der Waals surface area contributed by atoms with Crippen LogP contribution >= 0.6 is 0 Å². The Morgan fingerprint density at radius 1 is 1.20 bits per heavy atom. The van der Waals surface area contributed by atoms with Crippen LogP contribution < -0.4 is 10.5 Å². The lowest BCUT2D eigenvalue weighted by Gasteiger charge is -2.42. The molecule has 2 N–H and O–H groups in total. The Morgan fingerprint density at radius 2 is 1.85 bits per heavy atom. The van der Waals surface area contributed by atoms with Crippen LogP contribution in [-0.2, 0) is 0 Å². The Bertz CT molecular complexity index is 412. The molecule has 2 unspecified atom stereocenters. The minimum absolute atomic E-state index is 0.629. The van der Waals surface area contributed by atoms with E-state index in [0.29, 0.717) is 17.8 Å². The summed E-state index contributed by atoms with van der Waals surface area (Å²) in [5, 5.41) is 0. The number of hydrogen-bond acceptors (Lipinski definition) is 4. The molecule has 4 nitrogen and oxygen atoms in total. The highest BCUT2D eigenvalue weighted by molar-refractivity contribution is 5.51. The van der Waals surface area contributed by atoms with Crippen LogP contribution in [0.4, 0.5) is 5.69 Å². The van der Waals surface area contributed by atoms with E-state index in [1.165, 1.54) is 0 Å². The molecule has 1 aliphatic rings. The van der Waals surface area contributed by atoms with E-state index >= 15 is 0 Å². The third-order valence-electron chi connectivity index (χ3n) is 4.23. The second kappa shape index (κ2) is 6.95. The van der Waals surface area contributed by atoms with Crippen LogP contribution in [-0.4, -0.2) is 55.2 Å². The van der Waals surface area contributed by atoms with Gasteiger partial charge in [0, 0.05) is 31.7 Å². The molecule has 1 aromatic rings. The van der Waals surface area contributed by atoms with Crippen molar-refractivity contribution in [2.45, 2.75) is 32.4 Å². The quantitative estimate of drug-likeness (QED) is 0.661. The summed E-state index contributed by atoms with van der Waals surface area (Å²) in [7, 11) is 2.22. The summed E-state index contributed by atoms with van der Waals surface area (Å²) in [6, 6.07) is 8.94. The molecule has 4 heteroatoms. The summed E-state index contributed by atoms with van der Waals surface area (Å²) in [5.41, 5.74) is 6.57. The highest BCUT2D eigenvalue weighted by Crippen LogP contribution is 2.20. The summed E-state index contributed by atoms with van der Waals surface area (Å²) in [6.07, 6.45) is 1.04. The van der Waals surface area contributed by atoms with Gasteiger partial charge in [0.2, 0.25) is 0 Å². The highest BCUT2D eigenvalue weighted by Gasteiger charge is 2.25. The largest absolute Gasteiger partial charge is 0.491 e. The van der Waals surface area contributed by atoms with E-state index < -0.39 is 0 Å². The Morgan fingerprint density at radius 3 is 2.50 bits per heavy atom. The molecule has 0 aliphatic carbocycles. The zero-order chi connectivity index (χ0) is 14.5. The molecular formula is C16H27N3O. The number of para-hydroxylation sites is 2. The fraction of sp³-hybridized carbons (Fsp3) is 0.625. The average Bonchev–Trinajstić information content (AvgIpc) is 2.42. The summed E-state index contributed by atoms with van der Waals surface area (Å²) in [6.45, 7) is 8.70. The van der Waals surface area contributed by atoms with Gasteiger partial charge in [0.15, 0.2) is 0 Å². The molecule has 0 aromatic heterocycles. The molecule has 2 rings (SSSR count). The van der Waals surface area contributed by atoms with Crippen molar-refractivity contribution in [2.75, 3.05) is 39.0 Å². The van der Waals surface area contributed by atoms with Crippen LogP contribution in [0.15, 0.2) is 24.3 Å². The number of likely N-dealkylation sites (N-methyl/N-ethyl adjacent to an activating group) is 1. The number of ether oxygens (including phenoxy) is 1. The average molecular weight is 277 g/mol. The first-order valence-corrected chi connectivity index (χ1v) is 7.49. The minimum atomic E-state index is 0.629. The highest BCUT2D eigenvalue weighted by atomic mass is 16.5. The van der Waals surface area contributed by atoms with Crippen LogP contribution in [0.25, 0.3) is 0 Å². The van der Waals surface area contributed by atoms with Gasteiger partial charge >= 0.3 is 0 Å². The molecule has 20 heavy (non-hydrogen) atoms. The van der Waals surface area contributed by atoms with Gasteiger partial charge in [-0.2, -0.15) is 0 Å². The topological polar surface area (TPSA) is 41.7 Å². The summed E-state index contributed by atoms with van der Waals surface area (Å²) >= 11 is 0. The molecular weight excluding hydrogens is 250 g/mol. The van der Waals surface area contributed by atoms with E-state index in [1.54, 1.807) is 0 Å². The molecule has 0 bridgehead atoms. The maximum Gasteiger partial charge on any atom is 0.142 e. The molecule has 0 amide bonds. The second-order valence-electron chi connectivity index (χ2n) is 5.86. The van der Waals surface area contributed by atoms with Crippen molar-refractivity contribution in [1.29, 1.82) is 0 Å². The number of nitrogen functional groups attached to an aromatic ring is 1. The van der Waals surface area contributed by atoms with E-state index in [-0.39, 0.29) is 0 Å². The Labute approximate surface area is 122 Å². The van der Waals surface area contributed by atoms with Crippen LogP contribution in [0.2, 0.25) is 0 Å². The molecule has 1 aliphatic heterocycles. The van der Waals surface area contributed by atoms with Gasteiger partial charge in [0.1, 0.15) is 5.75 Å². The van der Waals surface area contributed by atoms with Crippen molar-refractivity contribution in [1.82, 2.24) is 9.80 Å². The van der Waals surface area contributed by atoms with Gasteiger partial charge in [0.05, 0.1) is 12.3 Å². The van der Waals surface area contributed by atoms with Gasteiger partial charge in [-0.15, -0.1) is 0 Å². The van der Waals surface area contributed by atoms with Gasteiger partial charge in [-0.3, -0.25) is 4.90 Å². The number of anilines is 1. The summed E-state index contributed by atoms with van der Waals surface area (Å²) in [5.74, 6) is 0.799. The van der Waals surface area contributed by atoms with Crippen LogP contribution in [0.3, 0.4) is 0 Å². The molecule has 1 fully saturated rings. The predicted molar refractivity (Wildman–Crippen MR) is 84.1 cm³/mol. The van der Waals surface area contributed by atoms with Gasteiger partial charge in [-0.25, -0.2) is 0 Å². The van der Waals surface area contributed by atoms with Gasteiger partial charge in [0.25, 0.3) is 0 Å². The Balaban J connectivity index is 1.70. The van der Waals surface area contributed by atoms with Crippen molar-refractivity contribution in [3.05, 3.63) is 24.3 Å². The number of nitrogens with two attached hydrogens (primary N) is 1. The lowest BCUT2D eigenvalue weighted by molar-refractivity contribution is 0.0571. The van der Waals surface area contributed by atoms with E-state index in [9.17, 15) is 0 Å². The van der Waals surface area contributed by atoms with Crippen molar-refractivity contribution < 1.29 is 4.74 Å². The zero-order valence-electron chi connectivity index (χ0n) is 12.9. The zero-order valence-corrected chi connectivity index (χ0v) is 12.9. The molecule has 1 aromatic carbocycles. The molecule has 0 spiro atoms. The number of rotatable bonds is 5. The lowest BCUT2D eigenvalue weighted by Crippen LogP contribution is -2.55. The fourth-order valence-electron chi connectivity index (χ4n) is 2.78. The first kappa shape index (κ1) is 15.1. The van der Waals surface area contributed by atoms with Crippen molar-refractivity contribution in [3.63, 3.8) is 0 Å².